The van der Waals surface area contributed by atoms with Crippen molar-refractivity contribution in [3.05, 3.63) is 71.3 Å². The molecule has 33 heavy (non-hydrogen) atoms. The number of hydroxylamine groups is 2. The van der Waals surface area contributed by atoms with Crippen LogP contribution in [0.2, 0.25) is 0 Å². The van der Waals surface area contributed by atoms with E-state index in [-0.39, 0.29) is 34.7 Å². The summed E-state index contributed by atoms with van der Waals surface area (Å²) in [6, 6.07) is 17.9. The zero-order valence-electron chi connectivity index (χ0n) is 21.2. The Morgan fingerprint density at radius 1 is 0.848 bits per heavy atom. The summed E-state index contributed by atoms with van der Waals surface area (Å²) < 4.78 is 6.08. The molecule has 0 bridgehead atoms. The lowest BCUT2D eigenvalue weighted by molar-refractivity contribution is -0.309. The normalized spacial score (nSPS) is 26.6. The van der Waals surface area contributed by atoms with Gasteiger partial charge in [0.05, 0.1) is 16.6 Å². The van der Waals surface area contributed by atoms with Gasteiger partial charge in [-0.3, -0.25) is 4.84 Å². The molecular weight excluding hydrogens is 410 g/mol. The van der Waals surface area contributed by atoms with Crippen molar-refractivity contribution in [2.45, 2.75) is 91.0 Å². The average Bonchev–Trinajstić information content (AvgIpc) is 2.92. The maximum Gasteiger partial charge on any atom is 0.338 e. The highest BCUT2D eigenvalue weighted by atomic mass is 16.7. The number of esters is 1. The molecule has 0 unspecified atom stereocenters. The van der Waals surface area contributed by atoms with Crippen LogP contribution in [0.4, 0.5) is 0 Å². The molecule has 2 aromatic carbocycles. The summed E-state index contributed by atoms with van der Waals surface area (Å²) in [5.74, 6) is 0.233. The monoisotopic (exact) mass is 449 g/mol. The molecule has 4 rings (SSSR count). The number of carbonyl (C=O) groups is 1. The highest BCUT2D eigenvalue weighted by molar-refractivity contribution is 5.89. The fraction of sp³-hybridized carbons (Fsp3) is 0.552. The predicted octanol–water partition coefficient (Wildman–Crippen LogP) is 6.84. The lowest BCUT2D eigenvalue weighted by atomic mass is 9.71. The van der Waals surface area contributed by atoms with Crippen LogP contribution in [0.1, 0.15) is 89.2 Å². The largest absolute Gasteiger partial charge is 0.456 e. The zero-order chi connectivity index (χ0) is 24.0. The Labute approximate surface area is 199 Å². The van der Waals surface area contributed by atoms with E-state index in [1.165, 1.54) is 11.1 Å². The minimum absolute atomic E-state index is 0.176. The van der Waals surface area contributed by atoms with Crippen LogP contribution < -0.4 is 0 Å². The number of fused-ring (bicyclic) bond motifs is 1. The van der Waals surface area contributed by atoms with Crippen molar-refractivity contribution in [1.29, 1.82) is 0 Å². The fourth-order valence-corrected chi connectivity index (χ4v) is 5.78. The SMILES string of the molecule is CC(C)(C)[C@H]1CC[C@H](OC(=O)c2ccccc2)[C@H](ON2C(C)(C)c3ccccc3C2(C)C)C1. The summed E-state index contributed by atoms with van der Waals surface area (Å²) in [6.07, 6.45) is 2.25. The standard InChI is InChI=1S/C29H39NO3/c1-27(2,3)21-17-18-24(32-26(31)20-13-9-8-10-14-20)25(19-21)33-30-28(4,5)22-15-11-12-16-23(22)29(30,6)7/h8-16,21,24-25H,17-19H2,1-7H3/t21-,24-,25+/m0/s1. The van der Waals surface area contributed by atoms with Crippen molar-refractivity contribution in [3.8, 4) is 0 Å². The molecule has 1 saturated carbocycles. The van der Waals surface area contributed by atoms with Gasteiger partial charge in [-0.2, -0.15) is 5.06 Å². The van der Waals surface area contributed by atoms with E-state index in [1.807, 2.05) is 30.3 Å². The first-order valence-electron chi connectivity index (χ1n) is 12.3. The molecular formula is C29H39NO3. The number of hydrogen-bond acceptors (Lipinski definition) is 4. The summed E-state index contributed by atoms with van der Waals surface area (Å²) in [7, 11) is 0. The zero-order valence-corrected chi connectivity index (χ0v) is 21.2. The third-order valence-electron chi connectivity index (χ3n) is 7.73. The molecule has 0 radical (unpaired) electrons. The Hall–Kier alpha value is -2.17. The molecule has 0 aromatic heterocycles. The highest BCUT2D eigenvalue weighted by Gasteiger charge is 2.52. The van der Waals surface area contributed by atoms with E-state index in [0.29, 0.717) is 11.5 Å². The van der Waals surface area contributed by atoms with Crippen LogP contribution in [0.25, 0.3) is 0 Å². The molecule has 178 valence electrons. The maximum absolute atomic E-state index is 12.9. The number of ether oxygens (including phenoxy) is 1. The van der Waals surface area contributed by atoms with Gasteiger partial charge in [0.1, 0.15) is 12.2 Å². The molecule has 1 aliphatic heterocycles. The van der Waals surface area contributed by atoms with Crippen molar-refractivity contribution in [3.63, 3.8) is 0 Å². The van der Waals surface area contributed by atoms with Crippen molar-refractivity contribution in [1.82, 2.24) is 5.06 Å². The van der Waals surface area contributed by atoms with Gasteiger partial charge in [-0.05, 0) is 81.5 Å². The minimum Gasteiger partial charge on any atom is -0.456 e. The van der Waals surface area contributed by atoms with Gasteiger partial charge in [0.2, 0.25) is 0 Å². The Morgan fingerprint density at radius 3 is 1.94 bits per heavy atom. The first-order valence-corrected chi connectivity index (χ1v) is 12.3. The predicted molar refractivity (Wildman–Crippen MR) is 132 cm³/mol. The lowest BCUT2D eigenvalue weighted by Gasteiger charge is -2.46. The van der Waals surface area contributed by atoms with Gasteiger partial charge >= 0.3 is 5.97 Å². The molecule has 0 amide bonds. The second kappa shape index (κ2) is 8.56. The lowest BCUT2D eigenvalue weighted by Crippen LogP contribution is -2.52. The van der Waals surface area contributed by atoms with E-state index >= 15 is 0 Å². The molecule has 3 atom stereocenters. The van der Waals surface area contributed by atoms with Gasteiger partial charge in [-0.25, -0.2) is 4.79 Å². The maximum atomic E-state index is 12.9. The molecule has 2 aliphatic rings. The molecule has 4 heteroatoms. The van der Waals surface area contributed by atoms with E-state index in [2.05, 4.69) is 77.8 Å². The van der Waals surface area contributed by atoms with E-state index in [4.69, 9.17) is 9.57 Å². The highest BCUT2D eigenvalue weighted by Crippen LogP contribution is 2.51. The van der Waals surface area contributed by atoms with E-state index < -0.39 is 0 Å². The summed E-state index contributed by atoms with van der Waals surface area (Å²) in [5.41, 5.74) is 2.76. The van der Waals surface area contributed by atoms with Crippen LogP contribution in [0, 0.1) is 11.3 Å². The first kappa shape index (κ1) is 24.0. The summed E-state index contributed by atoms with van der Waals surface area (Å²) in [6.45, 7) is 15.8. The molecule has 0 N–H and O–H groups in total. The summed E-state index contributed by atoms with van der Waals surface area (Å²) >= 11 is 0. The van der Waals surface area contributed by atoms with E-state index in [0.717, 1.165) is 19.3 Å². The third kappa shape index (κ3) is 4.48. The Morgan fingerprint density at radius 2 is 1.39 bits per heavy atom. The summed E-state index contributed by atoms with van der Waals surface area (Å²) in [4.78, 5) is 19.8. The van der Waals surface area contributed by atoms with Gasteiger partial charge in [-0.15, -0.1) is 0 Å². The van der Waals surface area contributed by atoms with Crippen LogP contribution in [0.15, 0.2) is 54.6 Å². The molecule has 1 aliphatic carbocycles. The van der Waals surface area contributed by atoms with Crippen LogP contribution in [-0.4, -0.2) is 23.2 Å². The number of benzene rings is 2. The number of hydrogen-bond donors (Lipinski definition) is 0. The third-order valence-corrected chi connectivity index (χ3v) is 7.73. The van der Waals surface area contributed by atoms with Gasteiger partial charge in [-0.1, -0.05) is 63.2 Å². The topological polar surface area (TPSA) is 38.8 Å². The van der Waals surface area contributed by atoms with Gasteiger partial charge < -0.3 is 4.74 Å². The first-order chi connectivity index (χ1) is 15.4. The van der Waals surface area contributed by atoms with Crippen molar-refractivity contribution in [2.75, 3.05) is 0 Å². The van der Waals surface area contributed by atoms with Crippen molar-refractivity contribution in [2.24, 2.45) is 11.3 Å². The van der Waals surface area contributed by atoms with E-state index in [1.54, 1.807) is 0 Å². The summed E-state index contributed by atoms with van der Waals surface area (Å²) in [5, 5.41) is 2.16. The molecule has 0 spiro atoms. The molecule has 4 nitrogen and oxygen atoms in total. The quantitative estimate of drug-likeness (QED) is 0.479. The molecule has 0 saturated heterocycles. The average molecular weight is 450 g/mol. The minimum atomic E-state index is -0.289. The fourth-order valence-electron chi connectivity index (χ4n) is 5.78. The van der Waals surface area contributed by atoms with E-state index in [9.17, 15) is 4.79 Å². The van der Waals surface area contributed by atoms with Gasteiger partial charge in [0.15, 0.2) is 0 Å². The smallest absolute Gasteiger partial charge is 0.338 e. The van der Waals surface area contributed by atoms with Crippen molar-refractivity contribution < 1.29 is 14.4 Å². The number of rotatable bonds is 4. The second-order valence-electron chi connectivity index (χ2n) is 11.8. The van der Waals surface area contributed by atoms with Crippen molar-refractivity contribution >= 4 is 5.97 Å². The Balaban J connectivity index is 1.62. The Kier molecular flexibility index (Phi) is 6.22. The number of nitrogens with zero attached hydrogens (tertiary/aromatic N) is 1. The van der Waals surface area contributed by atoms with Crippen LogP contribution >= 0.6 is 0 Å². The van der Waals surface area contributed by atoms with Crippen LogP contribution in [0.3, 0.4) is 0 Å². The molecule has 2 aromatic rings. The second-order valence-corrected chi connectivity index (χ2v) is 11.8. The van der Waals surface area contributed by atoms with Crippen LogP contribution in [-0.2, 0) is 20.7 Å². The van der Waals surface area contributed by atoms with Crippen LogP contribution in [0.5, 0.6) is 0 Å². The number of carbonyl (C=O) groups excluding carboxylic acids is 1. The molecule has 1 heterocycles. The van der Waals surface area contributed by atoms with Gasteiger partial charge in [0.25, 0.3) is 0 Å². The van der Waals surface area contributed by atoms with Gasteiger partial charge in [0, 0.05) is 0 Å². The molecule has 1 fully saturated rings. The Bertz CT molecular complexity index is 954.